The molecule has 8 nitrogen and oxygen atoms in total. The number of carbonyl (C=O) groups excluding carboxylic acids is 2. The number of fused-ring (bicyclic) bond motifs is 2. The molecule has 0 radical (unpaired) electrons. The molecule has 3 aromatic rings. The minimum absolute atomic E-state index is 0.0324. The number of esters is 1. The van der Waals surface area contributed by atoms with Gasteiger partial charge in [0.05, 0.1) is 37.6 Å². The van der Waals surface area contributed by atoms with Crippen LogP contribution in [0.2, 0.25) is 0 Å². The van der Waals surface area contributed by atoms with Crippen molar-refractivity contribution in [1.29, 1.82) is 0 Å². The molecule has 0 saturated carbocycles. The van der Waals surface area contributed by atoms with Gasteiger partial charge in [0.1, 0.15) is 4.88 Å². The number of carbonyl (C=O) groups is 2. The number of ether oxygens (including phenoxy) is 2. The lowest BCUT2D eigenvalue weighted by Gasteiger charge is -2.35. The van der Waals surface area contributed by atoms with E-state index in [1.807, 2.05) is 32.2 Å². The number of morpholine rings is 1. The third-order valence-corrected chi connectivity index (χ3v) is 7.50. The molecule has 1 atom stereocenters. The van der Waals surface area contributed by atoms with Gasteiger partial charge >= 0.3 is 5.97 Å². The highest BCUT2D eigenvalue weighted by Crippen LogP contribution is 2.34. The molecule has 2 N–H and O–H groups in total. The van der Waals surface area contributed by atoms with Gasteiger partial charge in [-0.1, -0.05) is 11.3 Å². The van der Waals surface area contributed by atoms with Crippen LogP contribution in [-0.2, 0) is 22.3 Å². The van der Waals surface area contributed by atoms with Crippen molar-refractivity contribution < 1.29 is 19.1 Å². The average molecular weight is 469 g/mol. The summed E-state index contributed by atoms with van der Waals surface area (Å²) >= 11 is 1.48. The SMILES string of the molecule is COC(=O)c1ccc2[nH]cc(CCC3COCCN3c3nc4c(s3)C(=O)NC(C)(C)C4)c2c1. The maximum atomic E-state index is 12.6. The van der Waals surface area contributed by atoms with E-state index in [0.717, 1.165) is 58.0 Å². The van der Waals surface area contributed by atoms with Crippen molar-refractivity contribution in [3.8, 4) is 0 Å². The Hall–Kier alpha value is -2.91. The predicted molar refractivity (Wildman–Crippen MR) is 127 cm³/mol. The van der Waals surface area contributed by atoms with Crippen LogP contribution in [0, 0.1) is 0 Å². The first kappa shape index (κ1) is 21.9. The number of H-pyrrole nitrogens is 1. The fraction of sp³-hybridized carbons (Fsp3) is 0.458. The van der Waals surface area contributed by atoms with Crippen molar-refractivity contribution in [3.05, 3.63) is 46.1 Å². The van der Waals surface area contributed by atoms with Crippen LogP contribution >= 0.6 is 11.3 Å². The number of nitrogens with one attached hydrogen (secondary N) is 2. The van der Waals surface area contributed by atoms with Crippen LogP contribution in [0.4, 0.5) is 5.13 Å². The molecular formula is C24H28N4O4S. The molecule has 5 rings (SSSR count). The first-order valence-corrected chi connectivity index (χ1v) is 12.0. The number of hydrogen-bond acceptors (Lipinski definition) is 7. The number of thiazole rings is 1. The number of methoxy groups -OCH3 is 1. The third kappa shape index (κ3) is 4.22. The summed E-state index contributed by atoms with van der Waals surface area (Å²) in [4.78, 5) is 35.7. The molecule has 1 amide bonds. The van der Waals surface area contributed by atoms with Gasteiger partial charge < -0.3 is 24.7 Å². The van der Waals surface area contributed by atoms with Crippen LogP contribution in [0.25, 0.3) is 10.9 Å². The lowest BCUT2D eigenvalue weighted by atomic mass is 9.94. The van der Waals surface area contributed by atoms with E-state index in [-0.39, 0.29) is 23.5 Å². The zero-order chi connectivity index (χ0) is 23.2. The van der Waals surface area contributed by atoms with E-state index < -0.39 is 0 Å². The van der Waals surface area contributed by atoms with Gasteiger partial charge in [0.15, 0.2) is 5.13 Å². The summed E-state index contributed by atoms with van der Waals surface area (Å²) < 4.78 is 10.7. The van der Waals surface area contributed by atoms with Crippen LogP contribution in [0.1, 0.15) is 51.6 Å². The van der Waals surface area contributed by atoms with Crippen molar-refractivity contribution in [3.63, 3.8) is 0 Å². The maximum Gasteiger partial charge on any atom is 0.337 e. The Bertz CT molecular complexity index is 1210. The van der Waals surface area contributed by atoms with E-state index in [1.54, 1.807) is 6.07 Å². The molecule has 4 heterocycles. The predicted octanol–water partition coefficient (Wildman–Crippen LogP) is 3.31. The minimum Gasteiger partial charge on any atom is -0.465 e. The lowest BCUT2D eigenvalue weighted by Crippen LogP contribution is -2.48. The van der Waals surface area contributed by atoms with Gasteiger partial charge in [-0.15, -0.1) is 0 Å². The summed E-state index contributed by atoms with van der Waals surface area (Å²) in [7, 11) is 1.39. The Labute approximate surface area is 196 Å². The molecular weight excluding hydrogens is 440 g/mol. The molecule has 2 aromatic heterocycles. The topological polar surface area (TPSA) is 96.6 Å². The maximum absolute atomic E-state index is 12.6. The van der Waals surface area contributed by atoms with Gasteiger partial charge in [-0.2, -0.15) is 0 Å². The van der Waals surface area contributed by atoms with Crippen LogP contribution in [0.5, 0.6) is 0 Å². The molecule has 2 aliphatic rings. The van der Waals surface area contributed by atoms with Gasteiger partial charge in [0, 0.05) is 35.6 Å². The first-order chi connectivity index (χ1) is 15.8. The summed E-state index contributed by atoms with van der Waals surface area (Å²) in [6, 6.07) is 5.73. The molecule has 33 heavy (non-hydrogen) atoms. The number of benzene rings is 1. The van der Waals surface area contributed by atoms with Crippen LogP contribution in [0.3, 0.4) is 0 Å². The minimum atomic E-state index is -0.337. The number of aromatic amines is 1. The number of hydrogen-bond donors (Lipinski definition) is 2. The third-order valence-electron chi connectivity index (χ3n) is 6.36. The molecule has 1 aromatic carbocycles. The molecule has 0 spiro atoms. The Balaban J connectivity index is 1.36. The van der Waals surface area contributed by atoms with Crippen molar-refractivity contribution in [2.24, 2.45) is 0 Å². The van der Waals surface area contributed by atoms with Gasteiger partial charge in [0.2, 0.25) is 0 Å². The van der Waals surface area contributed by atoms with Crippen LogP contribution in [-0.4, -0.2) is 60.3 Å². The van der Waals surface area contributed by atoms with Gasteiger partial charge in [-0.05, 0) is 50.5 Å². The zero-order valence-corrected chi connectivity index (χ0v) is 19.9. The number of rotatable bonds is 5. The molecule has 2 aliphatic heterocycles. The van der Waals surface area contributed by atoms with E-state index in [4.69, 9.17) is 14.5 Å². The van der Waals surface area contributed by atoms with Crippen molar-refractivity contribution in [1.82, 2.24) is 15.3 Å². The summed E-state index contributed by atoms with van der Waals surface area (Å²) in [6.07, 6.45) is 4.44. The Morgan fingerprint density at radius 2 is 2.24 bits per heavy atom. The second kappa shape index (κ2) is 8.46. The zero-order valence-electron chi connectivity index (χ0n) is 19.1. The average Bonchev–Trinajstić information content (AvgIpc) is 3.40. The van der Waals surface area contributed by atoms with Crippen LogP contribution < -0.4 is 10.2 Å². The van der Waals surface area contributed by atoms with Crippen LogP contribution in [0.15, 0.2) is 24.4 Å². The Kier molecular flexibility index (Phi) is 5.62. The van der Waals surface area contributed by atoms with Crippen molar-refractivity contribution in [2.45, 2.75) is 44.7 Å². The summed E-state index contributed by atoms with van der Waals surface area (Å²) in [6.45, 7) is 6.07. The Morgan fingerprint density at radius 1 is 1.39 bits per heavy atom. The number of aryl methyl sites for hydroxylation is 1. The number of anilines is 1. The second-order valence-electron chi connectivity index (χ2n) is 9.31. The van der Waals surface area contributed by atoms with E-state index in [1.165, 1.54) is 18.4 Å². The van der Waals surface area contributed by atoms with Gasteiger partial charge in [0.25, 0.3) is 5.91 Å². The van der Waals surface area contributed by atoms with Crippen molar-refractivity contribution >= 4 is 39.2 Å². The Morgan fingerprint density at radius 3 is 3.06 bits per heavy atom. The highest BCUT2D eigenvalue weighted by molar-refractivity contribution is 7.17. The molecule has 1 fully saturated rings. The number of aromatic nitrogens is 2. The molecule has 0 bridgehead atoms. The molecule has 174 valence electrons. The van der Waals surface area contributed by atoms with E-state index in [9.17, 15) is 9.59 Å². The summed E-state index contributed by atoms with van der Waals surface area (Å²) in [5.74, 6) is -0.370. The van der Waals surface area contributed by atoms with E-state index in [2.05, 4.69) is 15.2 Å². The highest BCUT2D eigenvalue weighted by Gasteiger charge is 2.35. The monoisotopic (exact) mass is 468 g/mol. The summed E-state index contributed by atoms with van der Waals surface area (Å²) in [5, 5.41) is 5.00. The normalized spacial score (nSPS) is 19.9. The first-order valence-electron chi connectivity index (χ1n) is 11.2. The lowest BCUT2D eigenvalue weighted by molar-refractivity contribution is 0.0600. The van der Waals surface area contributed by atoms with Crippen molar-refractivity contribution in [2.75, 3.05) is 31.8 Å². The van der Waals surface area contributed by atoms with Gasteiger partial charge in [-0.3, -0.25) is 4.79 Å². The summed E-state index contributed by atoms with van der Waals surface area (Å²) in [5.41, 5.74) is 3.30. The fourth-order valence-corrected chi connectivity index (χ4v) is 5.76. The molecule has 0 aliphatic carbocycles. The number of nitrogens with zero attached hydrogens (tertiary/aromatic N) is 2. The fourth-order valence-electron chi connectivity index (χ4n) is 4.68. The molecule has 9 heteroatoms. The van der Waals surface area contributed by atoms with Gasteiger partial charge in [-0.25, -0.2) is 9.78 Å². The van der Waals surface area contributed by atoms with E-state index >= 15 is 0 Å². The smallest absolute Gasteiger partial charge is 0.337 e. The standard InChI is InChI=1S/C24H28N4O4S/c1-24(2)11-19-20(21(29)27-24)33-23(26-19)28-8-9-32-13-16(28)6-4-15-12-25-18-7-5-14(10-17(15)18)22(30)31-3/h5,7,10,12,16,25H,4,6,8-9,11,13H2,1-3H3,(H,27,29). The molecule has 1 unspecified atom stereocenters. The second-order valence-corrected chi connectivity index (χ2v) is 10.3. The quantitative estimate of drug-likeness (QED) is 0.558. The number of amides is 1. The largest absolute Gasteiger partial charge is 0.465 e. The molecule has 1 saturated heterocycles. The highest BCUT2D eigenvalue weighted by atomic mass is 32.1. The van der Waals surface area contributed by atoms with E-state index in [0.29, 0.717) is 18.8 Å².